The molecule has 0 aromatic heterocycles. The minimum atomic E-state index is -4.22. The summed E-state index contributed by atoms with van der Waals surface area (Å²) in [5, 5.41) is 0. The van der Waals surface area contributed by atoms with Crippen LogP contribution in [-0.2, 0) is 20.4 Å². The molecule has 0 saturated heterocycles. The highest BCUT2D eigenvalue weighted by Crippen LogP contribution is 2.15. The van der Waals surface area contributed by atoms with E-state index >= 15 is 0 Å². The van der Waals surface area contributed by atoms with Gasteiger partial charge in [-0.2, -0.15) is 16.8 Å². The van der Waals surface area contributed by atoms with Crippen LogP contribution in [0.5, 0.6) is 0 Å². The Morgan fingerprint density at radius 2 is 1.56 bits per heavy atom. The van der Waals surface area contributed by atoms with E-state index in [2.05, 4.69) is 5.43 Å². The smallest absolute Gasteiger partial charge is 0.306 e. The molecule has 0 heterocycles. The molecule has 0 unspecified atom stereocenters. The summed E-state index contributed by atoms with van der Waals surface area (Å²) in [4.78, 5) is 11.8. The number of carbonyl (C=O) groups is 1. The molecule has 2 aromatic carbocycles. The Kier molecular flexibility index (Phi) is 7.21. The number of hydrogen-bond donors (Lipinski definition) is 4. The zero-order chi connectivity index (χ0) is 19.1. The highest BCUT2D eigenvalue weighted by molar-refractivity contribution is 7.86. The lowest BCUT2D eigenvalue weighted by atomic mass is 10.2. The highest BCUT2D eigenvalue weighted by Gasteiger charge is 2.12. The number of aryl methyl sites for hydroxylation is 1. The van der Waals surface area contributed by atoms with Crippen molar-refractivity contribution >= 4 is 32.4 Å². The van der Waals surface area contributed by atoms with Crippen molar-refractivity contribution in [3.63, 3.8) is 0 Å². The summed E-state index contributed by atoms with van der Waals surface area (Å²) in [6.07, 6.45) is 0.522. The highest BCUT2D eigenvalue weighted by atomic mass is 32.2. The van der Waals surface area contributed by atoms with Crippen LogP contribution in [0.1, 0.15) is 15.9 Å². The van der Waals surface area contributed by atoms with Crippen molar-refractivity contribution < 1.29 is 30.7 Å². The molecule has 0 spiro atoms. The molecule has 0 bridgehead atoms. The van der Waals surface area contributed by atoms with E-state index < -0.39 is 20.4 Å². The zero-order valence-electron chi connectivity index (χ0n) is 12.9. The van der Waals surface area contributed by atoms with E-state index in [-0.39, 0.29) is 10.5 Å². The van der Waals surface area contributed by atoms with Gasteiger partial charge in [0.25, 0.3) is 10.1 Å². The Bertz CT molecular complexity index is 927. The van der Waals surface area contributed by atoms with Crippen molar-refractivity contribution in [1.29, 1.82) is 0 Å². The first kappa shape index (κ1) is 20.7. The molecule has 0 saturated carbocycles. The van der Waals surface area contributed by atoms with Crippen LogP contribution in [0.25, 0.3) is 0 Å². The summed E-state index contributed by atoms with van der Waals surface area (Å²) in [6, 6.07) is 12.6. The Hall–Kier alpha value is -2.31. The van der Waals surface area contributed by atoms with Gasteiger partial charge in [0.2, 0.25) is 0 Å². The van der Waals surface area contributed by atoms with E-state index in [1.165, 1.54) is 19.1 Å². The number of anilines is 1. The van der Waals surface area contributed by atoms with Gasteiger partial charge in [-0.15, -0.1) is 4.83 Å². The first-order valence-electron chi connectivity index (χ1n) is 6.61. The van der Waals surface area contributed by atoms with E-state index in [1.807, 2.05) is 0 Å². The minimum Gasteiger partial charge on any atom is -0.306 e. The zero-order valence-corrected chi connectivity index (χ0v) is 14.6. The molecule has 0 atom stereocenters. The number of rotatable bonds is 5. The summed E-state index contributed by atoms with van der Waals surface area (Å²) < 4.78 is 58.9. The second-order valence-corrected chi connectivity index (χ2v) is 7.23. The van der Waals surface area contributed by atoms with E-state index in [4.69, 9.17) is 9.11 Å². The van der Waals surface area contributed by atoms with E-state index in [1.54, 1.807) is 35.2 Å². The van der Waals surface area contributed by atoms with Gasteiger partial charge < -0.3 is 5.43 Å². The largest absolute Gasteiger partial charge is 0.350 e. The number of benzene rings is 2. The van der Waals surface area contributed by atoms with Crippen molar-refractivity contribution in [1.82, 2.24) is 4.83 Å². The molecule has 0 fully saturated rings. The Labute approximate surface area is 145 Å². The van der Waals surface area contributed by atoms with Crippen LogP contribution in [0.4, 0.5) is 5.69 Å². The van der Waals surface area contributed by atoms with E-state index in [0.717, 1.165) is 6.07 Å². The molecular weight excluding hydrogens is 372 g/mol. The lowest BCUT2D eigenvalue weighted by molar-refractivity contribution is 0.112. The normalized spacial score (nSPS) is 11.2. The Balaban J connectivity index is 0.000000251. The predicted octanol–water partition coefficient (Wildman–Crippen LogP) is 1.46. The molecule has 25 heavy (non-hydrogen) atoms. The molecule has 0 aliphatic rings. The summed E-state index contributed by atoms with van der Waals surface area (Å²) in [5.74, 6) is 0. The molecule has 2 rings (SSSR count). The maximum Gasteiger partial charge on any atom is 0.350 e. The fourth-order valence-electron chi connectivity index (χ4n) is 1.61. The lowest BCUT2D eigenvalue weighted by Crippen LogP contribution is -2.28. The second kappa shape index (κ2) is 8.69. The summed E-state index contributed by atoms with van der Waals surface area (Å²) in [5.41, 5.74) is 3.48. The summed E-state index contributed by atoms with van der Waals surface area (Å²) in [7, 11) is -8.41. The van der Waals surface area contributed by atoms with Crippen molar-refractivity contribution in [3.8, 4) is 0 Å². The van der Waals surface area contributed by atoms with Crippen molar-refractivity contribution in [3.05, 3.63) is 59.7 Å². The van der Waals surface area contributed by atoms with Gasteiger partial charge >= 0.3 is 10.3 Å². The lowest BCUT2D eigenvalue weighted by Gasteiger charge is -2.03. The van der Waals surface area contributed by atoms with Crippen LogP contribution >= 0.6 is 0 Å². The van der Waals surface area contributed by atoms with Crippen molar-refractivity contribution in [2.24, 2.45) is 0 Å². The molecule has 11 heteroatoms. The van der Waals surface area contributed by atoms with Gasteiger partial charge in [-0.1, -0.05) is 30.3 Å². The molecule has 4 N–H and O–H groups in total. The third-order valence-corrected chi connectivity index (χ3v) is 4.08. The van der Waals surface area contributed by atoms with Gasteiger partial charge in [-0.3, -0.25) is 13.9 Å². The van der Waals surface area contributed by atoms with Crippen molar-refractivity contribution in [2.75, 3.05) is 5.43 Å². The second-order valence-electron chi connectivity index (χ2n) is 4.69. The quantitative estimate of drug-likeness (QED) is 0.341. The summed E-state index contributed by atoms with van der Waals surface area (Å²) in [6.45, 7) is 1.54. The molecule has 0 radical (unpaired) electrons. The Morgan fingerprint density at radius 3 is 2.04 bits per heavy atom. The fraction of sp³-hybridized carbons (Fsp3) is 0.0714. The number of aldehydes is 1. The van der Waals surface area contributed by atoms with E-state index in [0.29, 0.717) is 17.5 Å². The van der Waals surface area contributed by atoms with Crippen molar-refractivity contribution in [2.45, 2.75) is 11.8 Å². The molecule has 0 aliphatic carbocycles. The molecule has 2 aromatic rings. The number of carbonyl (C=O) groups excluding carboxylic acids is 1. The SMILES string of the molecule is Cc1ccc(C=O)cc1S(=O)(=O)O.O=S(=O)(O)NNc1ccccc1. The first-order valence-corrected chi connectivity index (χ1v) is 9.49. The van der Waals surface area contributed by atoms with E-state index in [9.17, 15) is 21.6 Å². The number of hydrogen-bond acceptors (Lipinski definition) is 6. The van der Waals surface area contributed by atoms with Gasteiger partial charge in [0, 0.05) is 11.3 Å². The van der Waals surface area contributed by atoms with Gasteiger partial charge in [0.15, 0.2) is 0 Å². The summed E-state index contributed by atoms with van der Waals surface area (Å²) >= 11 is 0. The topological polar surface area (TPSA) is 150 Å². The molecule has 0 amide bonds. The predicted molar refractivity (Wildman–Crippen MR) is 91.1 cm³/mol. The number of nitrogens with one attached hydrogen (secondary N) is 2. The van der Waals surface area contributed by atoms with Gasteiger partial charge in [0.05, 0.1) is 4.90 Å². The molecule has 9 nitrogen and oxygen atoms in total. The third kappa shape index (κ3) is 7.87. The monoisotopic (exact) mass is 388 g/mol. The maximum absolute atomic E-state index is 10.8. The first-order chi connectivity index (χ1) is 11.5. The number of hydrazine groups is 1. The van der Waals surface area contributed by atoms with Gasteiger partial charge in [-0.05, 0) is 30.7 Å². The van der Waals surface area contributed by atoms with Crippen LogP contribution in [-0.4, -0.2) is 32.2 Å². The van der Waals surface area contributed by atoms with Gasteiger partial charge in [-0.25, -0.2) is 0 Å². The Morgan fingerprint density at radius 1 is 0.960 bits per heavy atom. The van der Waals surface area contributed by atoms with Crippen LogP contribution in [0.15, 0.2) is 53.4 Å². The van der Waals surface area contributed by atoms with Crippen LogP contribution in [0.2, 0.25) is 0 Å². The average Bonchev–Trinajstić information content (AvgIpc) is 2.53. The fourth-order valence-corrected chi connectivity index (χ4v) is 2.62. The van der Waals surface area contributed by atoms with Crippen LogP contribution in [0, 0.1) is 6.92 Å². The molecule has 0 aliphatic heterocycles. The molecular formula is C14H16N2O7S2. The maximum atomic E-state index is 10.8. The standard InChI is InChI=1S/C8H8O4S.C6H8N2O3S/c1-6-2-3-7(5-9)4-8(6)13(10,11)12;9-12(10,11)8-7-6-4-2-1-3-5-6/h2-5H,1H3,(H,10,11,12);1-5,7-8H,(H,9,10,11). The number of para-hydroxylation sites is 1. The average molecular weight is 388 g/mol. The molecule has 136 valence electrons. The van der Waals surface area contributed by atoms with Crippen LogP contribution < -0.4 is 10.3 Å². The third-order valence-electron chi connectivity index (χ3n) is 2.72. The van der Waals surface area contributed by atoms with Gasteiger partial charge in [0.1, 0.15) is 6.29 Å². The minimum absolute atomic E-state index is 0.221. The van der Waals surface area contributed by atoms with Crippen LogP contribution in [0.3, 0.4) is 0 Å².